The first-order chi connectivity index (χ1) is 13.9. The molecule has 4 rings (SSSR count). The molecule has 8 heteroatoms. The van der Waals surface area contributed by atoms with Crippen molar-refractivity contribution in [2.24, 2.45) is 17.8 Å². The largest absolute Gasteiger partial charge is 0.342 e. The van der Waals surface area contributed by atoms with Gasteiger partial charge in [-0.05, 0) is 29.9 Å². The summed E-state index contributed by atoms with van der Waals surface area (Å²) >= 11 is 6.35. The van der Waals surface area contributed by atoms with Crippen molar-refractivity contribution < 1.29 is 4.79 Å². The van der Waals surface area contributed by atoms with Crippen LogP contribution in [0.25, 0.3) is 0 Å². The zero-order chi connectivity index (χ0) is 20.7. The molecule has 2 aliphatic rings. The van der Waals surface area contributed by atoms with Crippen molar-refractivity contribution in [3.05, 3.63) is 50.8 Å². The average Bonchev–Trinajstić information content (AvgIpc) is 2.66. The fourth-order valence-corrected chi connectivity index (χ4v) is 4.80. The molecule has 3 heterocycles. The Balaban J connectivity index is 1.84. The number of H-pyrrole nitrogens is 1. The van der Waals surface area contributed by atoms with E-state index in [9.17, 15) is 14.9 Å². The van der Waals surface area contributed by atoms with Gasteiger partial charge < -0.3 is 10.2 Å². The van der Waals surface area contributed by atoms with E-state index in [4.69, 9.17) is 11.6 Å². The third-order valence-corrected chi connectivity index (χ3v) is 6.00. The van der Waals surface area contributed by atoms with Crippen LogP contribution in [0, 0.1) is 29.1 Å². The van der Waals surface area contributed by atoms with E-state index in [1.165, 1.54) is 0 Å². The SMILES string of the molecule is CC1CC(C)CN(c2nc3c(c(=O)[nH]2)C(c2ccccc2Cl)C(C#N)C(=O)N3)C1. The summed E-state index contributed by atoms with van der Waals surface area (Å²) in [7, 11) is 0. The molecule has 7 nitrogen and oxygen atoms in total. The van der Waals surface area contributed by atoms with E-state index in [0.29, 0.717) is 28.4 Å². The molecule has 2 aliphatic heterocycles. The minimum Gasteiger partial charge on any atom is -0.342 e. The normalized spacial score (nSPS) is 26.4. The van der Waals surface area contributed by atoms with Crippen molar-refractivity contribution in [1.82, 2.24) is 9.97 Å². The van der Waals surface area contributed by atoms with E-state index in [1.54, 1.807) is 24.3 Å². The maximum atomic E-state index is 13.1. The van der Waals surface area contributed by atoms with Crippen molar-refractivity contribution in [2.75, 3.05) is 23.3 Å². The molecule has 1 fully saturated rings. The molecule has 1 aromatic heterocycles. The van der Waals surface area contributed by atoms with Crippen molar-refractivity contribution in [1.29, 1.82) is 5.26 Å². The van der Waals surface area contributed by atoms with Gasteiger partial charge in [0.15, 0.2) is 0 Å². The zero-order valence-corrected chi connectivity index (χ0v) is 17.0. The van der Waals surface area contributed by atoms with E-state index in [1.807, 2.05) is 11.0 Å². The number of nitrogens with one attached hydrogen (secondary N) is 2. The van der Waals surface area contributed by atoms with E-state index >= 15 is 0 Å². The fraction of sp³-hybridized carbons (Fsp3) is 0.429. The Morgan fingerprint density at radius 3 is 2.55 bits per heavy atom. The molecule has 0 radical (unpaired) electrons. The van der Waals surface area contributed by atoms with Gasteiger partial charge in [0.2, 0.25) is 11.9 Å². The van der Waals surface area contributed by atoms with Gasteiger partial charge in [-0.1, -0.05) is 43.6 Å². The lowest BCUT2D eigenvalue weighted by atomic mass is 9.79. The van der Waals surface area contributed by atoms with Crippen LogP contribution in [0.2, 0.25) is 5.02 Å². The number of nitriles is 1. The Hall–Kier alpha value is -2.85. The molecule has 1 saturated heterocycles. The summed E-state index contributed by atoms with van der Waals surface area (Å²) in [5.74, 6) is -0.707. The highest BCUT2D eigenvalue weighted by Gasteiger charge is 2.41. The number of halogens is 1. The fourth-order valence-electron chi connectivity index (χ4n) is 4.55. The summed E-state index contributed by atoms with van der Waals surface area (Å²) < 4.78 is 0. The number of benzene rings is 1. The molecule has 2 aromatic rings. The molecule has 1 aromatic carbocycles. The second kappa shape index (κ2) is 7.53. The number of fused-ring (bicyclic) bond motifs is 1. The van der Waals surface area contributed by atoms with Crippen molar-refractivity contribution in [2.45, 2.75) is 26.2 Å². The van der Waals surface area contributed by atoms with Crippen LogP contribution >= 0.6 is 11.6 Å². The van der Waals surface area contributed by atoms with Crippen molar-refractivity contribution >= 4 is 29.3 Å². The third kappa shape index (κ3) is 3.49. The monoisotopic (exact) mass is 411 g/mol. The third-order valence-electron chi connectivity index (χ3n) is 5.66. The predicted molar refractivity (Wildman–Crippen MR) is 111 cm³/mol. The van der Waals surface area contributed by atoms with Crippen LogP contribution in [0.15, 0.2) is 29.1 Å². The van der Waals surface area contributed by atoms with Crippen LogP contribution in [0.5, 0.6) is 0 Å². The number of anilines is 2. The van der Waals surface area contributed by atoms with Gasteiger partial charge in [0.05, 0.1) is 11.6 Å². The quantitative estimate of drug-likeness (QED) is 0.790. The van der Waals surface area contributed by atoms with Crippen LogP contribution in [-0.2, 0) is 4.79 Å². The minimum atomic E-state index is -1.06. The summed E-state index contributed by atoms with van der Waals surface area (Å²) in [6, 6.07) is 8.98. The van der Waals surface area contributed by atoms with E-state index in [2.05, 4.69) is 29.1 Å². The van der Waals surface area contributed by atoms with Crippen molar-refractivity contribution in [3.63, 3.8) is 0 Å². The average molecular weight is 412 g/mol. The molecule has 0 aliphatic carbocycles. The van der Waals surface area contributed by atoms with Crippen molar-refractivity contribution in [3.8, 4) is 6.07 Å². The molecule has 29 heavy (non-hydrogen) atoms. The highest BCUT2D eigenvalue weighted by molar-refractivity contribution is 6.31. The lowest BCUT2D eigenvalue weighted by Crippen LogP contribution is -2.43. The lowest BCUT2D eigenvalue weighted by Gasteiger charge is -2.36. The predicted octanol–water partition coefficient (Wildman–Crippen LogP) is 3.13. The van der Waals surface area contributed by atoms with Crippen LogP contribution in [-0.4, -0.2) is 29.0 Å². The van der Waals surface area contributed by atoms with E-state index in [-0.39, 0.29) is 16.9 Å². The van der Waals surface area contributed by atoms with Crippen LogP contribution < -0.4 is 15.8 Å². The molecule has 150 valence electrons. The maximum absolute atomic E-state index is 13.1. The number of aromatic nitrogens is 2. The minimum absolute atomic E-state index is 0.205. The number of piperidine rings is 1. The van der Waals surface area contributed by atoms with Gasteiger partial charge in [-0.2, -0.15) is 10.2 Å². The van der Waals surface area contributed by atoms with Gasteiger partial charge >= 0.3 is 0 Å². The number of hydrogen-bond donors (Lipinski definition) is 2. The summed E-state index contributed by atoms with van der Waals surface area (Å²) in [5.41, 5.74) is 0.476. The number of carbonyl (C=O) groups is 1. The van der Waals surface area contributed by atoms with E-state index in [0.717, 1.165) is 19.5 Å². The van der Waals surface area contributed by atoms with E-state index < -0.39 is 17.7 Å². The number of amides is 1. The standard InChI is InChI=1S/C21H22ClN5O2/c1-11-7-12(2)10-27(9-11)21-25-18-17(20(29)26-21)16(14(8-23)19(28)24-18)13-5-3-4-6-15(13)22/h3-6,11-12,14,16H,7,9-10H2,1-2H3,(H2,24,25,26,28,29). The molecule has 2 N–H and O–H groups in total. The molecule has 4 atom stereocenters. The van der Waals surface area contributed by atoms with Gasteiger partial charge in [-0.3, -0.25) is 14.6 Å². The topological polar surface area (TPSA) is 102 Å². The van der Waals surface area contributed by atoms with Crippen LogP contribution in [0.3, 0.4) is 0 Å². The number of rotatable bonds is 2. The van der Waals surface area contributed by atoms with Gasteiger partial charge in [-0.15, -0.1) is 0 Å². The first-order valence-electron chi connectivity index (χ1n) is 9.73. The number of aromatic amines is 1. The molecular weight excluding hydrogens is 390 g/mol. The molecule has 0 saturated carbocycles. The first-order valence-corrected chi connectivity index (χ1v) is 10.1. The Morgan fingerprint density at radius 1 is 1.21 bits per heavy atom. The summed E-state index contributed by atoms with van der Waals surface area (Å²) in [6.07, 6.45) is 1.13. The second-order valence-electron chi connectivity index (χ2n) is 8.10. The smallest absolute Gasteiger partial charge is 0.258 e. The summed E-state index contributed by atoms with van der Waals surface area (Å²) in [5, 5.41) is 12.7. The molecule has 0 bridgehead atoms. The highest BCUT2D eigenvalue weighted by atomic mass is 35.5. The van der Waals surface area contributed by atoms with Gasteiger partial charge in [0.25, 0.3) is 5.56 Å². The first kappa shape index (κ1) is 19.5. The Bertz CT molecular complexity index is 1050. The molecular formula is C21H22ClN5O2. The second-order valence-corrected chi connectivity index (χ2v) is 8.51. The summed E-state index contributed by atoms with van der Waals surface area (Å²) in [4.78, 5) is 35.3. The number of carbonyl (C=O) groups excluding carboxylic acids is 1. The Kier molecular flexibility index (Phi) is 5.05. The number of hydrogen-bond acceptors (Lipinski definition) is 5. The zero-order valence-electron chi connectivity index (χ0n) is 16.3. The molecule has 0 spiro atoms. The summed E-state index contributed by atoms with van der Waals surface area (Å²) in [6.45, 7) is 5.92. The van der Waals surface area contributed by atoms with Gasteiger partial charge in [-0.25, -0.2) is 0 Å². The maximum Gasteiger partial charge on any atom is 0.258 e. The van der Waals surface area contributed by atoms with Crippen LogP contribution in [0.4, 0.5) is 11.8 Å². The Labute approximate surface area is 173 Å². The number of nitrogens with zero attached hydrogens (tertiary/aromatic N) is 3. The molecule has 4 unspecified atom stereocenters. The van der Waals surface area contributed by atoms with Gasteiger partial charge in [0.1, 0.15) is 11.7 Å². The van der Waals surface area contributed by atoms with Gasteiger partial charge in [0, 0.05) is 24.0 Å². The molecule has 1 amide bonds. The van der Waals surface area contributed by atoms with Crippen LogP contribution in [0.1, 0.15) is 37.3 Å². The Morgan fingerprint density at radius 2 is 1.90 bits per heavy atom. The lowest BCUT2D eigenvalue weighted by molar-refractivity contribution is -0.119. The highest BCUT2D eigenvalue weighted by Crippen LogP contribution is 2.40.